The molecule has 0 aliphatic heterocycles. The van der Waals surface area contributed by atoms with Gasteiger partial charge >= 0.3 is 0 Å². The van der Waals surface area contributed by atoms with Crippen molar-refractivity contribution in [2.24, 2.45) is 0 Å². The van der Waals surface area contributed by atoms with E-state index in [1.165, 1.54) is 0 Å². The second kappa shape index (κ2) is 3.35. The quantitative estimate of drug-likeness (QED) is 0.673. The number of benzene rings is 1. The van der Waals surface area contributed by atoms with Crippen LogP contribution in [0.5, 0.6) is 0 Å². The maximum atomic E-state index is 6.07. The summed E-state index contributed by atoms with van der Waals surface area (Å²) in [5.41, 5.74) is 1.87. The Bertz CT molecular complexity index is 437. The van der Waals surface area contributed by atoms with E-state index in [1.807, 2.05) is 30.3 Å². The Morgan fingerprint density at radius 2 is 2.08 bits per heavy atom. The SMILES string of the molecule is [CH2]Cc1cc(Cl)c2ccccc2n1. The van der Waals surface area contributed by atoms with Crippen LogP contribution >= 0.6 is 11.6 Å². The molecule has 0 N–H and O–H groups in total. The first kappa shape index (κ1) is 8.52. The summed E-state index contributed by atoms with van der Waals surface area (Å²) < 4.78 is 0. The molecule has 0 fully saturated rings. The van der Waals surface area contributed by atoms with Crippen LogP contribution in [0.15, 0.2) is 30.3 Å². The number of para-hydroxylation sites is 1. The van der Waals surface area contributed by atoms with E-state index in [2.05, 4.69) is 11.9 Å². The Morgan fingerprint density at radius 3 is 2.85 bits per heavy atom. The highest BCUT2D eigenvalue weighted by Gasteiger charge is 2.01. The fraction of sp³-hybridized carbons (Fsp3) is 0.0909. The number of pyridine rings is 1. The van der Waals surface area contributed by atoms with Crippen molar-refractivity contribution in [1.29, 1.82) is 0 Å². The molecule has 0 bridgehead atoms. The molecule has 2 rings (SSSR count). The zero-order chi connectivity index (χ0) is 9.26. The summed E-state index contributed by atoms with van der Waals surface area (Å²) >= 11 is 6.07. The molecule has 0 saturated heterocycles. The molecule has 0 amide bonds. The van der Waals surface area contributed by atoms with Crippen LogP contribution in [-0.2, 0) is 6.42 Å². The molecule has 0 atom stereocenters. The van der Waals surface area contributed by atoms with Gasteiger partial charge in [0.05, 0.1) is 10.5 Å². The van der Waals surface area contributed by atoms with Crippen LogP contribution in [-0.4, -0.2) is 4.98 Å². The fourth-order valence-electron chi connectivity index (χ4n) is 1.31. The normalized spacial score (nSPS) is 10.6. The highest BCUT2D eigenvalue weighted by Crippen LogP contribution is 2.22. The lowest BCUT2D eigenvalue weighted by molar-refractivity contribution is 1.14. The molecule has 13 heavy (non-hydrogen) atoms. The topological polar surface area (TPSA) is 12.9 Å². The monoisotopic (exact) mass is 190 g/mol. The Morgan fingerprint density at radius 1 is 1.31 bits per heavy atom. The lowest BCUT2D eigenvalue weighted by Crippen LogP contribution is -1.88. The summed E-state index contributed by atoms with van der Waals surface area (Å²) in [6, 6.07) is 9.72. The van der Waals surface area contributed by atoms with Gasteiger partial charge in [-0.05, 0) is 25.5 Å². The number of nitrogens with zero attached hydrogens (tertiary/aromatic N) is 1. The lowest BCUT2D eigenvalue weighted by Gasteiger charge is -2.02. The van der Waals surface area contributed by atoms with Gasteiger partial charge in [0.25, 0.3) is 0 Å². The van der Waals surface area contributed by atoms with Gasteiger partial charge in [-0.2, -0.15) is 0 Å². The van der Waals surface area contributed by atoms with Crippen LogP contribution < -0.4 is 0 Å². The second-order valence-electron chi connectivity index (χ2n) is 2.86. The number of hydrogen-bond acceptors (Lipinski definition) is 1. The minimum Gasteiger partial charge on any atom is -0.253 e. The first-order valence-electron chi connectivity index (χ1n) is 4.14. The third kappa shape index (κ3) is 1.52. The summed E-state index contributed by atoms with van der Waals surface area (Å²) in [6.07, 6.45) is 0.671. The number of aromatic nitrogens is 1. The molecule has 1 nitrogen and oxygen atoms in total. The number of halogens is 1. The summed E-state index contributed by atoms with van der Waals surface area (Å²) in [4.78, 5) is 4.41. The van der Waals surface area contributed by atoms with Gasteiger partial charge in [-0.3, -0.25) is 4.98 Å². The standard InChI is InChI=1S/C11H9ClN/c1-2-8-7-10(12)9-5-3-4-6-11(9)13-8/h3-7H,1-2H2. The van der Waals surface area contributed by atoms with Gasteiger partial charge in [-0.25, -0.2) is 0 Å². The molecular weight excluding hydrogens is 182 g/mol. The molecule has 1 heterocycles. The van der Waals surface area contributed by atoms with Gasteiger partial charge in [0.1, 0.15) is 0 Å². The van der Waals surface area contributed by atoms with E-state index in [0.29, 0.717) is 6.42 Å². The largest absolute Gasteiger partial charge is 0.253 e. The maximum Gasteiger partial charge on any atom is 0.0720 e. The Balaban J connectivity index is 2.77. The minimum absolute atomic E-state index is 0.671. The molecule has 1 aromatic heterocycles. The van der Waals surface area contributed by atoms with Crippen LogP contribution in [0.4, 0.5) is 0 Å². The third-order valence-corrected chi connectivity index (χ3v) is 2.29. The van der Waals surface area contributed by atoms with E-state index in [1.54, 1.807) is 0 Å². The fourth-order valence-corrected chi connectivity index (χ4v) is 1.60. The van der Waals surface area contributed by atoms with E-state index in [9.17, 15) is 0 Å². The van der Waals surface area contributed by atoms with Crippen molar-refractivity contribution in [3.63, 3.8) is 0 Å². The van der Waals surface area contributed by atoms with E-state index in [4.69, 9.17) is 11.6 Å². The lowest BCUT2D eigenvalue weighted by atomic mass is 10.2. The molecule has 0 saturated carbocycles. The minimum atomic E-state index is 0.671. The Labute approximate surface area is 82.4 Å². The molecular formula is C11H9ClN. The summed E-state index contributed by atoms with van der Waals surface area (Å²) in [6.45, 7) is 3.78. The average molecular weight is 191 g/mol. The van der Waals surface area contributed by atoms with Crippen molar-refractivity contribution in [2.75, 3.05) is 0 Å². The predicted molar refractivity (Wildman–Crippen MR) is 55.8 cm³/mol. The highest BCUT2D eigenvalue weighted by molar-refractivity contribution is 6.35. The molecule has 1 radical (unpaired) electrons. The van der Waals surface area contributed by atoms with Crippen molar-refractivity contribution in [1.82, 2.24) is 4.98 Å². The summed E-state index contributed by atoms with van der Waals surface area (Å²) in [7, 11) is 0. The van der Waals surface area contributed by atoms with Crippen molar-refractivity contribution in [3.05, 3.63) is 48.0 Å². The molecule has 0 spiro atoms. The molecule has 0 unspecified atom stereocenters. The van der Waals surface area contributed by atoms with Gasteiger partial charge in [0.15, 0.2) is 0 Å². The summed E-state index contributed by atoms with van der Waals surface area (Å²) in [5.74, 6) is 0. The molecule has 0 aliphatic rings. The van der Waals surface area contributed by atoms with Crippen LogP contribution in [0.3, 0.4) is 0 Å². The Kier molecular flexibility index (Phi) is 2.19. The van der Waals surface area contributed by atoms with Gasteiger partial charge in [0.2, 0.25) is 0 Å². The number of hydrogen-bond donors (Lipinski definition) is 0. The van der Waals surface area contributed by atoms with Gasteiger partial charge < -0.3 is 0 Å². The first-order chi connectivity index (χ1) is 6.31. The number of rotatable bonds is 1. The molecule has 1 aromatic carbocycles. The zero-order valence-corrected chi connectivity index (χ0v) is 7.88. The van der Waals surface area contributed by atoms with Crippen molar-refractivity contribution in [3.8, 4) is 0 Å². The van der Waals surface area contributed by atoms with E-state index in [0.717, 1.165) is 21.6 Å². The smallest absolute Gasteiger partial charge is 0.0720 e. The Hall–Kier alpha value is -1.08. The van der Waals surface area contributed by atoms with E-state index in [-0.39, 0.29) is 0 Å². The van der Waals surface area contributed by atoms with Crippen LogP contribution in [0.25, 0.3) is 10.9 Å². The molecule has 2 heteroatoms. The highest BCUT2D eigenvalue weighted by atomic mass is 35.5. The molecule has 2 aromatic rings. The average Bonchev–Trinajstić information content (AvgIpc) is 2.18. The van der Waals surface area contributed by atoms with Gasteiger partial charge in [-0.1, -0.05) is 29.8 Å². The van der Waals surface area contributed by atoms with Crippen LogP contribution in [0, 0.1) is 6.92 Å². The third-order valence-electron chi connectivity index (χ3n) is 1.97. The zero-order valence-electron chi connectivity index (χ0n) is 7.13. The molecule has 0 aliphatic carbocycles. The second-order valence-corrected chi connectivity index (χ2v) is 3.27. The van der Waals surface area contributed by atoms with E-state index < -0.39 is 0 Å². The van der Waals surface area contributed by atoms with Gasteiger partial charge in [-0.15, -0.1) is 0 Å². The van der Waals surface area contributed by atoms with E-state index >= 15 is 0 Å². The van der Waals surface area contributed by atoms with Crippen molar-refractivity contribution >= 4 is 22.5 Å². The summed E-state index contributed by atoms with van der Waals surface area (Å²) in [5, 5.41) is 1.76. The van der Waals surface area contributed by atoms with Gasteiger partial charge in [0, 0.05) is 11.1 Å². The number of fused-ring (bicyclic) bond motifs is 1. The van der Waals surface area contributed by atoms with Crippen LogP contribution in [0.1, 0.15) is 5.69 Å². The maximum absolute atomic E-state index is 6.07. The van der Waals surface area contributed by atoms with Crippen LogP contribution in [0.2, 0.25) is 5.02 Å². The van der Waals surface area contributed by atoms with Crippen molar-refractivity contribution < 1.29 is 0 Å². The predicted octanol–water partition coefficient (Wildman–Crippen LogP) is 3.26. The molecule has 65 valence electrons. The van der Waals surface area contributed by atoms with Crippen molar-refractivity contribution in [2.45, 2.75) is 6.42 Å². The first-order valence-corrected chi connectivity index (χ1v) is 4.52.